The van der Waals surface area contributed by atoms with E-state index < -0.39 is 5.97 Å². The van der Waals surface area contributed by atoms with Gasteiger partial charge < -0.3 is 14.4 Å². The van der Waals surface area contributed by atoms with E-state index in [9.17, 15) is 9.59 Å². The van der Waals surface area contributed by atoms with Gasteiger partial charge in [0.25, 0.3) is 5.91 Å². The number of carbonyl (C=O) groups excluding carboxylic acids is 1. The number of aliphatic carboxylic acids is 1. The van der Waals surface area contributed by atoms with Crippen LogP contribution in [0.5, 0.6) is 0 Å². The molecule has 3 heterocycles. The molecule has 6 nitrogen and oxygen atoms in total. The van der Waals surface area contributed by atoms with Crippen molar-refractivity contribution in [2.75, 3.05) is 13.1 Å². The van der Waals surface area contributed by atoms with Crippen LogP contribution in [-0.4, -0.2) is 40.0 Å². The molecule has 0 radical (unpaired) electrons. The van der Waals surface area contributed by atoms with Crippen molar-refractivity contribution in [3.63, 3.8) is 0 Å². The fraction of sp³-hybridized carbons (Fsp3) is 0.357. The quantitative estimate of drug-likeness (QED) is 0.937. The minimum absolute atomic E-state index is 0.0367. The highest BCUT2D eigenvalue weighted by atomic mass is 32.1. The Morgan fingerprint density at radius 3 is 3.10 bits per heavy atom. The number of carboxylic acid groups (broad SMARTS) is 1. The predicted molar refractivity (Wildman–Crippen MR) is 76.1 cm³/mol. The molecular formula is C14H14N2O4S. The number of rotatable bonds is 4. The van der Waals surface area contributed by atoms with E-state index in [2.05, 4.69) is 4.98 Å². The first-order valence-electron chi connectivity index (χ1n) is 6.64. The van der Waals surface area contributed by atoms with Gasteiger partial charge in [0.05, 0.1) is 6.26 Å². The summed E-state index contributed by atoms with van der Waals surface area (Å²) < 4.78 is 5.26. The molecule has 1 amide bonds. The van der Waals surface area contributed by atoms with Crippen molar-refractivity contribution >= 4 is 23.2 Å². The summed E-state index contributed by atoms with van der Waals surface area (Å²) in [4.78, 5) is 29.0. The minimum Gasteiger partial charge on any atom is -0.481 e. The molecule has 1 unspecified atom stereocenters. The predicted octanol–water partition coefficient (Wildman–Crippen LogP) is 2.34. The number of thiazole rings is 1. The lowest BCUT2D eigenvalue weighted by Crippen LogP contribution is -2.29. The van der Waals surface area contributed by atoms with Gasteiger partial charge in [0, 0.05) is 24.9 Å². The van der Waals surface area contributed by atoms with Crippen molar-refractivity contribution in [3.8, 4) is 10.8 Å². The second-order valence-corrected chi connectivity index (χ2v) is 5.88. The number of furan rings is 1. The minimum atomic E-state index is -0.817. The molecule has 1 saturated heterocycles. The largest absolute Gasteiger partial charge is 0.481 e. The summed E-state index contributed by atoms with van der Waals surface area (Å²) in [5.74, 6) is -0.279. The number of likely N-dealkylation sites (tertiary alicyclic amines) is 1. The van der Waals surface area contributed by atoms with Gasteiger partial charge in [-0.05, 0) is 24.5 Å². The molecule has 1 atom stereocenters. The highest BCUT2D eigenvalue weighted by molar-refractivity contribution is 7.13. The van der Waals surface area contributed by atoms with Gasteiger partial charge in [-0.25, -0.2) is 4.98 Å². The van der Waals surface area contributed by atoms with Crippen molar-refractivity contribution in [2.24, 2.45) is 5.92 Å². The number of hydrogen-bond donors (Lipinski definition) is 1. The topological polar surface area (TPSA) is 83.6 Å². The van der Waals surface area contributed by atoms with E-state index in [1.54, 1.807) is 28.7 Å². The maximum atomic E-state index is 12.4. The number of carboxylic acids is 1. The SMILES string of the molecule is O=C(O)CC1CCN(C(=O)c2csc(-c3ccco3)n2)C1. The maximum absolute atomic E-state index is 12.4. The highest BCUT2D eigenvalue weighted by Crippen LogP contribution is 2.26. The van der Waals surface area contributed by atoms with E-state index in [-0.39, 0.29) is 18.2 Å². The van der Waals surface area contributed by atoms with Crippen molar-refractivity contribution in [1.82, 2.24) is 9.88 Å². The Balaban J connectivity index is 1.68. The number of hydrogen-bond acceptors (Lipinski definition) is 5. The highest BCUT2D eigenvalue weighted by Gasteiger charge is 2.29. The molecule has 2 aromatic rings. The van der Waals surface area contributed by atoms with E-state index >= 15 is 0 Å². The van der Waals surface area contributed by atoms with Gasteiger partial charge in [0.2, 0.25) is 0 Å². The standard InChI is InChI=1S/C14H14N2O4S/c17-12(18)6-9-3-4-16(7-9)14(19)10-8-21-13(15-10)11-2-1-5-20-11/h1-2,5,8-9H,3-4,6-7H2,(H,17,18). The lowest BCUT2D eigenvalue weighted by Gasteiger charge is -2.14. The molecule has 3 rings (SSSR count). The molecule has 110 valence electrons. The number of amides is 1. The zero-order valence-corrected chi connectivity index (χ0v) is 12.0. The van der Waals surface area contributed by atoms with Crippen LogP contribution in [0.4, 0.5) is 0 Å². The molecule has 1 aliphatic rings. The first kappa shape index (κ1) is 13.8. The molecular weight excluding hydrogens is 292 g/mol. The summed E-state index contributed by atoms with van der Waals surface area (Å²) in [5, 5.41) is 11.2. The first-order chi connectivity index (χ1) is 10.1. The second kappa shape index (κ2) is 5.69. The van der Waals surface area contributed by atoms with Crippen molar-refractivity contribution in [2.45, 2.75) is 12.8 Å². The Morgan fingerprint density at radius 2 is 2.38 bits per heavy atom. The van der Waals surface area contributed by atoms with Gasteiger partial charge in [0.15, 0.2) is 10.8 Å². The van der Waals surface area contributed by atoms with Gasteiger partial charge in [-0.3, -0.25) is 9.59 Å². The van der Waals surface area contributed by atoms with Crippen LogP contribution in [0, 0.1) is 5.92 Å². The summed E-state index contributed by atoms with van der Waals surface area (Å²) in [6, 6.07) is 3.57. The lowest BCUT2D eigenvalue weighted by atomic mass is 10.1. The zero-order chi connectivity index (χ0) is 14.8. The fourth-order valence-corrected chi connectivity index (χ4v) is 3.24. The third-order valence-corrected chi connectivity index (χ3v) is 4.35. The molecule has 0 bridgehead atoms. The normalized spacial score (nSPS) is 18.1. The maximum Gasteiger partial charge on any atom is 0.303 e. The van der Waals surface area contributed by atoms with Crippen LogP contribution in [0.25, 0.3) is 10.8 Å². The van der Waals surface area contributed by atoms with Gasteiger partial charge in [-0.15, -0.1) is 11.3 Å². The zero-order valence-electron chi connectivity index (χ0n) is 11.2. The van der Waals surface area contributed by atoms with Crippen molar-refractivity contribution in [3.05, 3.63) is 29.5 Å². The molecule has 1 aliphatic heterocycles. The van der Waals surface area contributed by atoms with Gasteiger partial charge in [-0.2, -0.15) is 0 Å². The van der Waals surface area contributed by atoms with Crippen LogP contribution in [0.2, 0.25) is 0 Å². The Hall–Kier alpha value is -2.15. The third-order valence-electron chi connectivity index (χ3n) is 3.49. The van der Waals surface area contributed by atoms with E-state index in [4.69, 9.17) is 9.52 Å². The van der Waals surface area contributed by atoms with Crippen LogP contribution in [0.15, 0.2) is 28.2 Å². The fourth-order valence-electron chi connectivity index (χ4n) is 2.48. The molecule has 0 spiro atoms. The summed E-state index contributed by atoms with van der Waals surface area (Å²) in [5.41, 5.74) is 0.391. The third kappa shape index (κ3) is 2.97. The Kier molecular flexibility index (Phi) is 3.74. The smallest absolute Gasteiger partial charge is 0.303 e. The van der Waals surface area contributed by atoms with Crippen LogP contribution in [-0.2, 0) is 4.79 Å². The second-order valence-electron chi connectivity index (χ2n) is 5.02. The molecule has 1 fully saturated rings. The summed E-state index contributed by atoms with van der Waals surface area (Å²) in [7, 11) is 0. The summed E-state index contributed by atoms with van der Waals surface area (Å²) in [6.45, 7) is 1.07. The molecule has 7 heteroatoms. The molecule has 0 aliphatic carbocycles. The van der Waals surface area contributed by atoms with Crippen LogP contribution in [0.1, 0.15) is 23.3 Å². The Morgan fingerprint density at radius 1 is 1.52 bits per heavy atom. The molecule has 21 heavy (non-hydrogen) atoms. The van der Waals surface area contributed by atoms with E-state index in [1.165, 1.54) is 11.3 Å². The monoisotopic (exact) mass is 306 g/mol. The van der Waals surface area contributed by atoms with Crippen molar-refractivity contribution in [1.29, 1.82) is 0 Å². The van der Waals surface area contributed by atoms with E-state index in [0.29, 0.717) is 29.6 Å². The molecule has 0 aromatic carbocycles. The van der Waals surface area contributed by atoms with E-state index in [1.807, 2.05) is 0 Å². The van der Waals surface area contributed by atoms with Gasteiger partial charge in [-0.1, -0.05) is 0 Å². The average Bonchev–Trinajstić information content (AvgIpc) is 3.18. The summed E-state index contributed by atoms with van der Waals surface area (Å²) in [6.07, 6.45) is 2.40. The number of nitrogens with zero attached hydrogens (tertiary/aromatic N) is 2. The summed E-state index contributed by atoms with van der Waals surface area (Å²) >= 11 is 1.36. The Bertz CT molecular complexity index is 650. The van der Waals surface area contributed by atoms with Crippen LogP contribution in [0.3, 0.4) is 0 Å². The number of aromatic nitrogens is 1. The van der Waals surface area contributed by atoms with E-state index in [0.717, 1.165) is 6.42 Å². The van der Waals surface area contributed by atoms with Gasteiger partial charge in [0.1, 0.15) is 5.69 Å². The average molecular weight is 306 g/mol. The molecule has 2 aromatic heterocycles. The van der Waals surface area contributed by atoms with Crippen LogP contribution >= 0.6 is 11.3 Å². The molecule has 1 N–H and O–H groups in total. The van der Waals surface area contributed by atoms with Crippen molar-refractivity contribution < 1.29 is 19.1 Å². The Labute approximate surface area is 125 Å². The lowest BCUT2D eigenvalue weighted by molar-refractivity contribution is -0.138. The first-order valence-corrected chi connectivity index (χ1v) is 7.52. The number of carbonyl (C=O) groups is 2. The van der Waals surface area contributed by atoms with Crippen LogP contribution < -0.4 is 0 Å². The molecule has 0 saturated carbocycles. The van der Waals surface area contributed by atoms with Gasteiger partial charge >= 0.3 is 5.97 Å².